The van der Waals surface area contributed by atoms with Crippen LogP contribution < -0.4 is 10.9 Å². The molecule has 2 heterocycles. The molecule has 0 atom stereocenters. The predicted molar refractivity (Wildman–Crippen MR) is 102 cm³/mol. The molecule has 4 aromatic rings. The van der Waals surface area contributed by atoms with E-state index in [2.05, 4.69) is 15.5 Å². The van der Waals surface area contributed by atoms with Gasteiger partial charge in [-0.05, 0) is 12.1 Å². The Morgan fingerprint density at radius 3 is 2.75 bits per heavy atom. The van der Waals surface area contributed by atoms with Gasteiger partial charge in [0.05, 0.1) is 4.92 Å². The van der Waals surface area contributed by atoms with Gasteiger partial charge in [-0.1, -0.05) is 41.7 Å². The Balaban J connectivity index is 1.60. The summed E-state index contributed by atoms with van der Waals surface area (Å²) >= 11 is 1.03. The van der Waals surface area contributed by atoms with Crippen LogP contribution in [0.3, 0.4) is 0 Å². The molecular weight excluding hydrogens is 384 g/mol. The molecule has 0 unspecified atom stereocenters. The third-order valence-electron chi connectivity index (χ3n) is 3.84. The number of hydrogen-bond donors (Lipinski definition) is 1. The smallest absolute Gasteiger partial charge is 0.349 e. The molecule has 0 aliphatic heterocycles. The first-order valence-corrected chi connectivity index (χ1v) is 8.75. The molecule has 1 N–H and O–H groups in total. The van der Waals surface area contributed by atoms with Crippen LogP contribution in [0.4, 0.5) is 10.8 Å². The number of non-ortho nitro benzene ring substituents is 1. The van der Waals surface area contributed by atoms with Crippen molar-refractivity contribution < 1.29 is 14.1 Å². The number of para-hydroxylation sites is 1. The van der Waals surface area contributed by atoms with Gasteiger partial charge in [0.2, 0.25) is 5.13 Å². The fourth-order valence-electron chi connectivity index (χ4n) is 2.53. The summed E-state index contributed by atoms with van der Waals surface area (Å²) < 4.78 is 5.15. The number of benzene rings is 2. The molecule has 0 bridgehead atoms. The van der Waals surface area contributed by atoms with Crippen molar-refractivity contribution in [1.29, 1.82) is 0 Å². The van der Waals surface area contributed by atoms with Crippen molar-refractivity contribution in [3.63, 3.8) is 0 Å². The Morgan fingerprint density at radius 2 is 1.93 bits per heavy atom. The van der Waals surface area contributed by atoms with Gasteiger partial charge < -0.3 is 4.42 Å². The van der Waals surface area contributed by atoms with E-state index in [1.165, 1.54) is 24.3 Å². The molecule has 0 saturated heterocycles. The lowest BCUT2D eigenvalue weighted by Gasteiger charge is -2.01. The summed E-state index contributed by atoms with van der Waals surface area (Å²) in [6.45, 7) is 0. The highest BCUT2D eigenvalue weighted by molar-refractivity contribution is 7.18. The molecular formula is C18H10N4O5S. The summed E-state index contributed by atoms with van der Waals surface area (Å²) in [5, 5.41) is 22.3. The van der Waals surface area contributed by atoms with Gasteiger partial charge >= 0.3 is 5.63 Å². The monoisotopic (exact) mass is 394 g/mol. The van der Waals surface area contributed by atoms with Gasteiger partial charge in [-0.3, -0.25) is 20.2 Å². The van der Waals surface area contributed by atoms with E-state index < -0.39 is 16.5 Å². The summed E-state index contributed by atoms with van der Waals surface area (Å²) in [4.78, 5) is 34.9. The summed E-state index contributed by atoms with van der Waals surface area (Å²) in [5.74, 6) is -0.679. The second-order valence-corrected chi connectivity index (χ2v) is 6.64. The van der Waals surface area contributed by atoms with Crippen molar-refractivity contribution in [2.75, 3.05) is 5.32 Å². The van der Waals surface area contributed by atoms with Gasteiger partial charge in [0.1, 0.15) is 16.2 Å². The van der Waals surface area contributed by atoms with Gasteiger partial charge in [0.15, 0.2) is 0 Å². The third kappa shape index (κ3) is 3.35. The highest BCUT2D eigenvalue weighted by atomic mass is 32.1. The average Bonchev–Trinajstić information content (AvgIpc) is 3.16. The number of amides is 1. The molecule has 2 aromatic heterocycles. The maximum atomic E-state index is 12.4. The van der Waals surface area contributed by atoms with E-state index in [0.717, 1.165) is 11.3 Å². The lowest BCUT2D eigenvalue weighted by molar-refractivity contribution is -0.384. The molecule has 0 aliphatic carbocycles. The van der Waals surface area contributed by atoms with Crippen LogP contribution in [0.2, 0.25) is 0 Å². The van der Waals surface area contributed by atoms with Crippen LogP contribution in [-0.4, -0.2) is 21.0 Å². The number of nitro groups is 1. The van der Waals surface area contributed by atoms with Crippen molar-refractivity contribution >= 4 is 39.0 Å². The van der Waals surface area contributed by atoms with Crippen molar-refractivity contribution in [2.24, 2.45) is 0 Å². The zero-order valence-corrected chi connectivity index (χ0v) is 14.8. The van der Waals surface area contributed by atoms with Gasteiger partial charge in [-0.15, -0.1) is 10.2 Å². The van der Waals surface area contributed by atoms with Gasteiger partial charge in [-0.2, -0.15) is 0 Å². The Bertz CT molecular complexity index is 1280. The molecule has 1 amide bonds. The van der Waals surface area contributed by atoms with Crippen LogP contribution in [0, 0.1) is 10.1 Å². The number of nitrogens with zero attached hydrogens (tertiary/aromatic N) is 3. The quantitative estimate of drug-likeness (QED) is 0.319. The Labute approximate surface area is 160 Å². The van der Waals surface area contributed by atoms with Crippen molar-refractivity contribution in [2.45, 2.75) is 0 Å². The van der Waals surface area contributed by atoms with Crippen LogP contribution in [0.25, 0.3) is 21.5 Å². The van der Waals surface area contributed by atoms with Crippen LogP contribution >= 0.6 is 11.3 Å². The fraction of sp³-hybridized carbons (Fsp3) is 0. The summed E-state index contributed by atoms with van der Waals surface area (Å²) in [6.07, 6.45) is 0. The summed E-state index contributed by atoms with van der Waals surface area (Å²) in [6, 6.07) is 14.2. The molecule has 9 nitrogen and oxygen atoms in total. The summed E-state index contributed by atoms with van der Waals surface area (Å²) in [7, 11) is 0. The second-order valence-electron chi connectivity index (χ2n) is 5.66. The minimum Gasteiger partial charge on any atom is -0.422 e. The third-order valence-corrected chi connectivity index (χ3v) is 4.72. The zero-order chi connectivity index (χ0) is 19.7. The van der Waals surface area contributed by atoms with E-state index in [1.807, 2.05) is 0 Å². The zero-order valence-electron chi connectivity index (χ0n) is 14.0. The number of aromatic nitrogens is 2. The first-order valence-electron chi connectivity index (χ1n) is 7.94. The van der Waals surface area contributed by atoms with E-state index in [4.69, 9.17) is 4.42 Å². The Morgan fingerprint density at radius 1 is 1.11 bits per heavy atom. The van der Waals surface area contributed by atoms with Gasteiger partial charge in [-0.25, -0.2) is 4.79 Å². The molecule has 28 heavy (non-hydrogen) atoms. The van der Waals surface area contributed by atoms with Crippen LogP contribution in [0.1, 0.15) is 10.4 Å². The lowest BCUT2D eigenvalue weighted by Crippen LogP contribution is -2.20. The fourth-order valence-corrected chi connectivity index (χ4v) is 3.26. The second kappa shape index (κ2) is 7.00. The predicted octanol–water partition coefficient (Wildman–Crippen LogP) is 3.47. The number of anilines is 1. The van der Waals surface area contributed by atoms with E-state index in [1.54, 1.807) is 30.3 Å². The highest BCUT2D eigenvalue weighted by Crippen LogP contribution is 2.29. The van der Waals surface area contributed by atoms with E-state index >= 15 is 0 Å². The molecule has 0 fully saturated rings. The van der Waals surface area contributed by atoms with Gasteiger partial charge in [0, 0.05) is 23.1 Å². The number of rotatable bonds is 4. The van der Waals surface area contributed by atoms with Gasteiger partial charge in [0.25, 0.3) is 11.6 Å². The van der Waals surface area contributed by atoms with E-state index in [0.29, 0.717) is 21.5 Å². The molecule has 0 saturated carbocycles. The molecule has 0 radical (unpaired) electrons. The Kier molecular flexibility index (Phi) is 4.38. The molecule has 138 valence electrons. The van der Waals surface area contributed by atoms with Crippen LogP contribution in [0.15, 0.2) is 63.8 Å². The number of fused-ring (bicyclic) bond motifs is 1. The molecule has 10 heteroatoms. The number of hydrogen-bond acceptors (Lipinski definition) is 8. The number of nitrogens with one attached hydrogen (secondary N) is 1. The van der Waals surface area contributed by atoms with Crippen molar-refractivity contribution in [1.82, 2.24) is 10.2 Å². The van der Waals surface area contributed by atoms with Crippen molar-refractivity contribution in [3.8, 4) is 10.6 Å². The highest BCUT2D eigenvalue weighted by Gasteiger charge is 2.17. The maximum absolute atomic E-state index is 12.4. The molecule has 4 rings (SSSR count). The average molecular weight is 394 g/mol. The van der Waals surface area contributed by atoms with Crippen LogP contribution in [0.5, 0.6) is 0 Å². The number of carbonyl (C=O) groups is 1. The largest absolute Gasteiger partial charge is 0.422 e. The molecule has 0 aliphatic rings. The number of carbonyl (C=O) groups excluding carboxylic acids is 1. The first kappa shape index (κ1) is 17.5. The van der Waals surface area contributed by atoms with E-state index in [9.17, 15) is 19.7 Å². The maximum Gasteiger partial charge on any atom is 0.349 e. The Hall–Kier alpha value is -3.92. The summed E-state index contributed by atoms with van der Waals surface area (Å²) in [5.41, 5.74) is -0.122. The molecule has 2 aromatic carbocycles. The normalized spacial score (nSPS) is 10.7. The molecule has 0 spiro atoms. The first-order chi connectivity index (χ1) is 13.5. The standard InChI is InChI=1S/C18H10N4O5S/c23-15(13-9-10-4-1-2-7-14(10)27-17(13)24)19-18-21-20-16(28-18)11-5-3-6-12(8-11)22(25)26/h1-9H,(H,19,21,23). The van der Waals surface area contributed by atoms with E-state index in [-0.39, 0.29) is 16.4 Å². The minimum atomic E-state index is -0.764. The topological polar surface area (TPSA) is 128 Å². The van der Waals surface area contributed by atoms with Crippen LogP contribution in [-0.2, 0) is 0 Å². The van der Waals surface area contributed by atoms with Crippen molar-refractivity contribution in [3.05, 3.63) is 80.7 Å². The lowest BCUT2D eigenvalue weighted by atomic mass is 10.2. The number of nitro benzene ring substituents is 1. The SMILES string of the molecule is O=C(Nc1nnc(-c2cccc([N+](=O)[O-])c2)s1)c1cc2ccccc2oc1=O. The minimum absolute atomic E-state index is 0.0768.